The predicted octanol–water partition coefficient (Wildman–Crippen LogP) is 2.96. The molecule has 0 aliphatic carbocycles. The molecule has 0 aliphatic heterocycles. The molecule has 1 aromatic carbocycles. The Morgan fingerprint density at radius 3 is 2.57 bits per heavy atom. The molecular weight excluding hydrogens is 264 g/mol. The lowest BCUT2D eigenvalue weighted by Crippen LogP contribution is -2.28. The van der Waals surface area contributed by atoms with E-state index in [1.807, 2.05) is 51.1 Å². The summed E-state index contributed by atoms with van der Waals surface area (Å²) in [6.45, 7) is 6.69. The number of aliphatic hydroxyl groups excluding tert-OH is 1. The molecule has 0 bridgehead atoms. The van der Waals surface area contributed by atoms with E-state index in [4.69, 9.17) is 9.84 Å². The van der Waals surface area contributed by atoms with Gasteiger partial charge >= 0.3 is 0 Å². The molecule has 0 fully saturated rings. The lowest BCUT2D eigenvalue weighted by molar-refractivity contribution is 0.250. The van der Waals surface area contributed by atoms with Crippen molar-refractivity contribution in [1.29, 1.82) is 0 Å². The van der Waals surface area contributed by atoms with E-state index in [9.17, 15) is 0 Å². The van der Waals surface area contributed by atoms with Crippen LogP contribution in [0.1, 0.15) is 23.6 Å². The average molecular weight is 286 g/mol. The van der Waals surface area contributed by atoms with Crippen molar-refractivity contribution in [3.05, 3.63) is 53.2 Å². The lowest BCUT2D eigenvalue weighted by Gasteiger charge is -2.15. The molecule has 0 aliphatic rings. The van der Waals surface area contributed by atoms with Gasteiger partial charge in [-0.3, -0.25) is 0 Å². The number of aliphatic hydroxyl groups is 1. The van der Waals surface area contributed by atoms with Gasteiger partial charge in [-0.2, -0.15) is 0 Å². The average Bonchev–Trinajstić information content (AvgIpc) is 2.49. The number of hydrogen-bond donors (Lipinski definition) is 2. The van der Waals surface area contributed by atoms with Gasteiger partial charge in [0.25, 0.3) is 0 Å². The molecule has 0 unspecified atom stereocenters. The summed E-state index contributed by atoms with van der Waals surface area (Å²) in [6, 6.07) is 9.97. The molecule has 0 saturated heterocycles. The van der Waals surface area contributed by atoms with Gasteiger partial charge in [-0.15, -0.1) is 0 Å². The van der Waals surface area contributed by atoms with Gasteiger partial charge in [-0.05, 0) is 38.0 Å². The van der Waals surface area contributed by atoms with Crippen molar-refractivity contribution in [2.75, 3.05) is 6.61 Å². The zero-order chi connectivity index (χ0) is 15.2. The molecule has 1 aromatic heterocycles. The van der Waals surface area contributed by atoms with Gasteiger partial charge in [0.2, 0.25) is 5.88 Å². The van der Waals surface area contributed by atoms with Crippen LogP contribution in [0.3, 0.4) is 0 Å². The molecule has 0 spiro atoms. The quantitative estimate of drug-likeness (QED) is 0.857. The van der Waals surface area contributed by atoms with E-state index in [1.54, 1.807) is 6.20 Å². The zero-order valence-electron chi connectivity index (χ0n) is 12.8. The Bertz CT molecular complexity index is 579. The molecule has 4 nitrogen and oxygen atoms in total. The molecule has 2 N–H and O–H groups in total. The van der Waals surface area contributed by atoms with Crippen molar-refractivity contribution in [2.45, 2.75) is 33.4 Å². The van der Waals surface area contributed by atoms with Crippen molar-refractivity contribution < 1.29 is 9.84 Å². The summed E-state index contributed by atoms with van der Waals surface area (Å²) < 4.78 is 6.02. The maximum Gasteiger partial charge on any atom is 0.223 e. The summed E-state index contributed by atoms with van der Waals surface area (Å²) in [5.41, 5.74) is 3.15. The van der Waals surface area contributed by atoms with E-state index in [0.717, 1.165) is 22.4 Å². The Morgan fingerprint density at radius 2 is 1.90 bits per heavy atom. The predicted molar refractivity (Wildman–Crippen MR) is 83.6 cm³/mol. The van der Waals surface area contributed by atoms with Gasteiger partial charge in [0.15, 0.2) is 0 Å². The van der Waals surface area contributed by atoms with E-state index in [-0.39, 0.29) is 12.6 Å². The van der Waals surface area contributed by atoms with E-state index in [2.05, 4.69) is 10.3 Å². The standard InChI is InChI=1S/C17H22N2O2/c1-12-6-4-7-13(2)16(12)21-17-15(8-5-9-18-17)10-19-14(3)11-20/h4-9,14,19-20H,10-11H2,1-3H3/t14-/m0/s1. The van der Waals surface area contributed by atoms with Crippen LogP contribution in [0.5, 0.6) is 11.6 Å². The number of ether oxygens (including phenoxy) is 1. The van der Waals surface area contributed by atoms with Crippen LogP contribution in [0.15, 0.2) is 36.5 Å². The highest BCUT2D eigenvalue weighted by Crippen LogP contribution is 2.29. The molecule has 0 amide bonds. The first-order valence-corrected chi connectivity index (χ1v) is 7.14. The first-order valence-electron chi connectivity index (χ1n) is 7.14. The van der Waals surface area contributed by atoms with E-state index < -0.39 is 0 Å². The maximum atomic E-state index is 9.08. The molecule has 2 aromatic rings. The van der Waals surface area contributed by atoms with Gasteiger partial charge in [0.05, 0.1) is 6.61 Å². The highest BCUT2D eigenvalue weighted by atomic mass is 16.5. The van der Waals surface area contributed by atoms with Crippen LogP contribution in [-0.2, 0) is 6.54 Å². The Morgan fingerprint density at radius 1 is 1.19 bits per heavy atom. The fourth-order valence-electron chi connectivity index (χ4n) is 2.06. The minimum absolute atomic E-state index is 0.0400. The Labute approximate surface area is 125 Å². The van der Waals surface area contributed by atoms with Crippen LogP contribution in [0.2, 0.25) is 0 Å². The van der Waals surface area contributed by atoms with Gasteiger partial charge < -0.3 is 15.2 Å². The number of benzene rings is 1. The van der Waals surface area contributed by atoms with E-state index in [1.165, 1.54) is 0 Å². The summed E-state index contributed by atoms with van der Waals surface area (Å²) in [7, 11) is 0. The van der Waals surface area contributed by atoms with Crippen molar-refractivity contribution in [3.8, 4) is 11.6 Å². The molecule has 0 saturated carbocycles. The van der Waals surface area contributed by atoms with Gasteiger partial charge in [-0.25, -0.2) is 4.98 Å². The largest absolute Gasteiger partial charge is 0.438 e. The second-order valence-corrected chi connectivity index (χ2v) is 5.26. The number of pyridine rings is 1. The SMILES string of the molecule is Cc1cccc(C)c1Oc1ncccc1CN[C@@H](C)CO. The molecule has 4 heteroatoms. The first-order chi connectivity index (χ1) is 10.1. The smallest absolute Gasteiger partial charge is 0.223 e. The van der Waals surface area contributed by atoms with Crippen LogP contribution in [-0.4, -0.2) is 22.7 Å². The van der Waals surface area contributed by atoms with Crippen LogP contribution >= 0.6 is 0 Å². The fourth-order valence-corrected chi connectivity index (χ4v) is 2.06. The first kappa shape index (κ1) is 15.5. The normalized spacial score (nSPS) is 12.2. The fraction of sp³-hybridized carbons (Fsp3) is 0.353. The molecule has 1 heterocycles. The van der Waals surface area contributed by atoms with Gasteiger partial charge in [0, 0.05) is 24.3 Å². The van der Waals surface area contributed by atoms with Crippen LogP contribution in [0.4, 0.5) is 0 Å². The summed E-state index contributed by atoms with van der Waals surface area (Å²) in [5.74, 6) is 1.46. The molecule has 2 rings (SSSR count). The van der Waals surface area contributed by atoms with Gasteiger partial charge in [-0.1, -0.05) is 24.3 Å². The summed E-state index contributed by atoms with van der Waals surface area (Å²) >= 11 is 0. The molecule has 1 atom stereocenters. The molecular formula is C17H22N2O2. The Balaban J connectivity index is 2.20. The van der Waals surface area contributed by atoms with Crippen LogP contribution in [0, 0.1) is 13.8 Å². The molecule has 21 heavy (non-hydrogen) atoms. The van der Waals surface area contributed by atoms with Crippen molar-refractivity contribution in [1.82, 2.24) is 10.3 Å². The number of aromatic nitrogens is 1. The summed E-state index contributed by atoms with van der Waals surface area (Å²) in [5, 5.41) is 12.3. The number of rotatable bonds is 6. The topological polar surface area (TPSA) is 54.4 Å². The number of nitrogens with one attached hydrogen (secondary N) is 1. The highest BCUT2D eigenvalue weighted by molar-refractivity contribution is 5.43. The minimum atomic E-state index is 0.0400. The lowest BCUT2D eigenvalue weighted by atomic mass is 10.1. The number of nitrogens with zero attached hydrogens (tertiary/aromatic N) is 1. The van der Waals surface area contributed by atoms with Crippen molar-refractivity contribution in [2.24, 2.45) is 0 Å². The maximum absolute atomic E-state index is 9.08. The zero-order valence-corrected chi connectivity index (χ0v) is 12.8. The third-order valence-corrected chi connectivity index (χ3v) is 3.37. The molecule has 0 radical (unpaired) electrons. The number of aryl methyl sites for hydroxylation is 2. The minimum Gasteiger partial charge on any atom is -0.438 e. The Hall–Kier alpha value is -1.91. The van der Waals surface area contributed by atoms with Gasteiger partial charge in [0.1, 0.15) is 5.75 Å². The van der Waals surface area contributed by atoms with E-state index >= 15 is 0 Å². The second-order valence-electron chi connectivity index (χ2n) is 5.26. The van der Waals surface area contributed by atoms with Crippen LogP contribution in [0.25, 0.3) is 0 Å². The summed E-state index contributed by atoms with van der Waals surface area (Å²) in [4.78, 5) is 4.34. The highest BCUT2D eigenvalue weighted by Gasteiger charge is 2.10. The van der Waals surface area contributed by atoms with Crippen molar-refractivity contribution in [3.63, 3.8) is 0 Å². The van der Waals surface area contributed by atoms with E-state index in [0.29, 0.717) is 12.4 Å². The Kier molecular flexibility index (Phi) is 5.31. The number of hydrogen-bond acceptors (Lipinski definition) is 4. The van der Waals surface area contributed by atoms with Crippen molar-refractivity contribution >= 4 is 0 Å². The third-order valence-electron chi connectivity index (χ3n) is 3.37. The monoisotopic (exact) mass is 286 g/mol. The molecule has 112 valence electrons. The number of para-hydroxylation sites is 1. The summed E-state index contributed by atoms with van der Waals surface area (Å²) in [6.07, 6.45) is 1.72. The van der Waals surface area contributed by atoms with Crippen LogP contribution < -0.4 is 10.1 Å². The third kappa shape index (κ3) is 4.03. The second kappa shape index (κ2) is 7.20.